The Morgan fingerprint density at radius 2 is 2.24 bits per heavy atom. The van der Waals surface area contributed by atoms with E-state index in [1.807, 2.05) is 6.08 Å². The fourth-order valence-electron chi connectivity index (χ4n) is 3.81. The predicted molar refractivity (Wildman–Crippen MR) is 91.0 cm³/mol. The van der Waals surface area contributed by atoms with Gasteiger partial charge in [-0.15, -0.1) is 0 Å². The lowest BCUT2D eigenvalue weighted by molar-refractivity contribution is 0.133. The molecule has 116 valence electrons. The summed E-state index contributed by atoms with van der Waals surface area (Å²) in [4.78, 5) is 0. The molecule has 0 saturated heterocycles. The molecular formula is C20H30O. The molecule has 21 heavy (non-hydrogen) atoms. The third-order valence-electron chi connectivity index (χ3n) is 5.22. The molecule has 0 spiro atoms. The van der Waals surface area contributed by atoms with Gasteiger partial charge >= 0.3 is 0 Å². The summed E-state index contributed by atoms with van der Waals surface area (Å²) in [5.41, 5.74) is 2.46. The molecule has 0 bridgehead atoms. The van der Waals surface area contributed by atoms with Gasteiger partial charge in [0, 0.05) is 0 Å². The van der Waals surface area contributed by atoms with Crippen molar-refractivity contribution in [3.63, 3.8) is 0 Å². The SMILES string of the molecule is C=C(C/C=C/C(C)(C)O)[C@H]1CC[C@]2(C)C=CC=C(C)[C@H]2C1. The van der Waals surface area contributed by atoms with Crippen molar-refractivity contribution in [2.24, 2.45) is 17.3 Å². The number of hydrogen-bond acceptors (Lipinski definition) is 1. The van der Waals surface area contributed by atoms with Crippen LogP contribution in [-0.4, -0.2) is 10.7 Å². The normalized spacial score (nSPS) is 32.9. The van der Waals surface area contributed by atoms with Gasteiger partial charge in [-0.2, -0.15) is 0 Å². The van der Waals surface area contributed by atoms with Crippen LogP contribution in [0.5, 0.6) is 0 Å². The highest BCUT2D eigenvalue weighted by Crippen LogP contribution is 2.51. The topological polar surface area (TPSA) is 20.2 Å². The maximum atomic E-state index is 9.73. The van der Waals surface area contributed by atoms with Crippen molar-refractivity contribution in [3.05, 3.63) is 48.1 Å². The minimum atomic E-state index is -0.723. The Morgan fingerprint density at radius 1 is 1.52 bits per heavy atom. The van der Waals surface area contributed by atoms with Gasteiger partial charge in [0.1, 0.15) is 0 Å². The molecular weight excluding hydrogens is 256 g/mol. The van der Waals surface area contributed by atoms with Crippen LogP contribution in [0.4, 0.5) is 0 Å². The van der Waals surface area contributed by atoms with Crippen LogP contribution in [0.25, 0.3) is 0 Å². The van der Waals surface area contributed by atoms with Gasteiger partial charge < -0.3 is 5.11 Å². The minimum absolute atomic E-state index is 0.346. The first kappa shape index (κ1) is 16.3. The predicted octanol–water partition coefficient (Wildman–Crippen LogP) is 5.20. The van der Waals surface area contributed by atoms with Gasteiger partial charge in [0.05, 0.1) is 5.60 Å². The minimum Gasteiger partial charge on any atom is -0.386 e. The lowest BCUT2D eigenvalue weighted by atomic mass is 9.59. The summed E-state index contributed by atoms with van der Waals surface area (Å²) < 4.78 is 0. The number of rotatable bonds is 4. The highest BCUT2D eigenvalue weighted by atomic mass is 16.3. The summed E-state index contributed by atoms with van der Waals surface area (Å²) in [7, 11) is 0. The van der Waals surface area contributed by atoms with E-state index in [0.717, 1.165) is 6.42 Å². The zero-order chi connectivity index (χ0) is 15.7. The number of aliphatic hydroxyl groups is 1. The van der Waals surface area contributed by atoms with Crippen LogP contribution in [-0.2, 0) is 0 Å². The molecule has 0 aromatic heterocycles. The van der Waals surface area contributed by atoms with Crippen LogP contribution in [0.2, 0.25) is 0 Å². The fraction of sp³-hybridized carbons (Fsp3) is 0.600. The van der Waals surface area contributed by atoms with Gasteiger partial charge in [0.15, 0.2) is 0 Å². The monoisotopic (exact) mass is 286 g/mol. The lowest BCUT2D eigenvalue weighted by Gasteiger charge is -2.45. The van der Waals surface area contributed by atoms with E-state index >= 15 is 0 Å². The van der Waals surface area contributed by atoms with Gasteiger partial charge in [-0.1, -0.05) is 55.0 Å². The van der Waals surface area contributed by atoms with Crippen molar-refractivity contribution in [3.8, 4) is 0 Å². The zero-order valence-corrected chi connectivity index (χ0v) is 14.0. The maximum Gasteiger partial charge on any atom is 0.0771 e. The summed E-state index contributed by atoms with van der Waals surface area (Å²) in [5.74, 6) is 1.28. The van der Waals surface area contributed by atoms with Crippen LogP contribution < -0.4 is 0 Å². The quantitative estimate of drug-likeness (QED) is 0.704. The van der Waals surface area contributed by atoms with E-state index in [1.54, 1.807) is 13.8 Å². The molecule has 1 saturated carbocycles. The van der Waals surface area contributed by atoms with Crippen molar-refractivity contribution in [2.75, 3.05) is 0 Å². The Hall–Kier alpha value is -1.08. The Morgan fingerprint density at radius 3 is 2.90 bits per heavy atom. The molecule has 0 amide bonds. The van der Waals surface area contributed by atoms with Crippen molar-refractivity contribution < 1.29 is 5.11 Å². The maximum absolute atomic E-state index is 9.73. The molecule has 2 rings (SSSR count). The van der Waals surface area contributed by atoms with Crippen molar-refractivity contribution >= 4 is 0 Å². The lowest BCUT2D eigenvalue weighted by Crippen LogP contribution is -2.35. The van der Waals surface area contributed by atoms with Crippen LogP contribution in [0.1, 0.15) is 53.4 Å². The molecule has 0 heterocycles. The number of allylic oxidation sites excluding steroid dienone is 6. The molecule has 1 fully saturated rings. The summed E-state index contributed by atoms with van der Waals surface area (Å²) in [6, 6.07) is 0. The second kappa shape index (κ2) is 5.96. The third kappa shape index (κ3) is 3.97. The third-order valence-corrected chi connectivity index (χ3v) is 5.22. The molecule has 0 aromatic rings. The zero-order valence-electron chi connectivity index (χ0n) is 14.0. The molecule has 1 N–H and O–H groups in total. The molecule has 0 radical (unpaired) electrons. The van der Waals surface area contributed by atoms with Crippen LogP contribution in [0.3, 0.4) is 0 Å². The van der Waals surface area contributed by atoms with Crippen molar-refractivity contribution in [1.82, 2.24) is 0 Å². The molecule has 2 aliphatic rings. The highest BCUT2D eigenvalue weighted by molar-refractivity contribution is 5.28. The van der Waals surface area contributed by atoms with E-state index in [4.69, 9.17) is 0 Å². The van der Waals surface area contributed by atoms with Crippen molar-refractivity contribution in [2.45, 2.75) is 59.0 Å². The Labute approximate surface area is 130 Å². The molecule has 0 aromatic carbocycles. The molecule has 1 heteroatoms. The van der Waals surface area contributed by atoms with Crippen LogP contribution >= 0.6 is 0 Å². The Kier molecular flexibility index (Phi) is 4.63. The number of fused-ring (bicyclic) bond motifs is 1. The van der Waals surface area contributed by atoms with E-state index < -0.39 is 5.60 Å². The molecule has 0 aliphatic heterocycles. The first-order valence-corrected chi connectivity index (χ1v) is 8.15. The summed E-state index contributed by atoms with van der Waals surface area (Å²) >= 11 is 0. The molecule has 0 unspecified atom stereocenters. The highest BCUT2D eigenvalue weighted by Gasteiger charge is 2.40. The summed E-state index contributed by atoms with van der Waals surface area (Å²) in [6.45, 7) is 12.6. The van der Waals surface area contributed by atoms with Gasteiger partial charge in [-0.05, 0) is 63.7 Å². The first-order valence-electron chi connectivity index (χ1n) is 8.15. The standard InChI is InChI=1S/C20H30O/c1-15(8-6-11-19(3,4)21)17-10-13-20(5)12-7-9-16(2)18(20)14-17/h6-7,9,11-12,17-18,21H,1,8,10,13-14H2,2-5H3/b11-6+/t17-,18+,20-/m0/s1. The summed E-state index contributed by atoms with van der Waals surface area (Å²) in [6.07, 6.45) is 15.4. The van der Waals surface area contributed by atoms with Gasteiger partial charge in [0.25, 0.3) is 0 Å². The van der Waals surface area contributed by atoms with Crippen LogP contribution in [0.15, 0.2) is 48.1 Å². The molecule has 1 nitrogen and oxygen atoms in total. The first-order chi connectivity index (χ1) is 9.71. The summed E-state index contributed by atoms with van der Waals surface area (Å²) in [5, 5.41) is 9.73. The Bertz CT molecular complexity index is 486. The molecule has 3 atom stereocenters. The number of hydrogen-bond donors (Lipinski definition) is 1. The van der Waals surface area contributed by atoms with E-state index in [9.17, 15) is 5.11 Å². The van der Waals surface area contributed by atoms with E-state index in [-0.39, 0.29) is 0 Å². The smallest absolute Gasteiger partial charge is 0.0771 e. The second-order valence-corrected chi connectivity index (χ2v) is 7.72. The van der Waals surface area contributed by atoms with Gasteiger partial charge in [0.2, 0.25) is 0 Å². The Balaban J connectivity index is 1.98. The fourth-order valence-corrected chi connectivity index (χ4v) is 3.81. The largest absolute Gasteiger partial charge is 0.386 e. The second-order valence-electron chi connectivity index (χ2n) is 7.72. The van der Waals surface area contributed by atoms with E-state index in [2.05, 4.69) is 44.7 Å². The van der Waals surface area contributed by atoms with Gasteiger partial charge in [-0.25, -0.2) is 0 Å². The van der Waals surface area contributed by atoms with E-state index in [0.29, 0.717) is 17.3 Å². The van der Waals surface area contributed by atoms with E-state index in [1.165, 1.54) is 30.4 Å². The molecule has 2 aliphatic carbocycles. The van der Waals surface area contributed by atoms with Crippen LogP contribution in [0, 0.1) is 17.3 Å². The van der Waals surface area contributed by atoms with Crippen molar-refractivity contribution in [1.29, 1.82) is 0 Å². The van der Waals surface area contributed by atoms with Gasteiger partial charge in [-0.3, -0.25) is 0 Å². The average molecular weight is 286 g/mol. The average Bonchev–Trinajstić information content (AvgIpc) is 2.36.